The van der Waals surface area contributed by atoms with Gasteiger partial charge in [-0.2, -0.15) is 18.2 Å². The zero-order valence-electron chi connectivity index (χ0n) is 11.3. The maximum absolute atomic E-state index is 12.1. The predicted molar refractivity (Wildman–Crippen MR) is 70.4 cm³/mol. The minimum absolute atomic E-state index is 0.0793. The molecule has 1 heterocycles. The monoisotopic (exact) mass is 299 g/mol. The number of halogens is 3. The number of aryl methyl sites for hydroxylation is 2. The Morgan fingerprint density at radius 1 is 1.14 bits per heavy atom. The van der Waals surface area contributed by atoms with Gasteiger partial charge in [-0.15, -0.1) is 0 Å². The van der Waals surface area contributed by atoms with Crippen molar-refractivity contribution in [1.82, 2.24) is 10.1 Å². The molecule has 0 radical (unpaired) electrons. The maximum atomic E-state index is 12.1. The molecule has 2 rings (SSSR count). The Hall–Kier alpha value is -1.89. The van der Waals surface area contributed by atoms with Gasteiger partial charge in [-0.3, -0.25) is 0 Å². The average molecular weight is 299 g/mol. The Morgan fingerprint density at radius 3 is 2.52 bits per heavy atom. The van der Waals surface area contributed by atoms with Crippen molar-refractivity contribution in [3.8, 4) is 0 Å². The van der Waals surface area contributed by atoms with Gasteiger partial charge in [0.1, 0.15) is 0 Å². The van der Waals surface area contributed by atoms with Crippen LogP contribution in [0.3, 0.4) is 0 Å². The van der Waals surface area contributed by atoms with Crippen LogP contribution < -0.4 is 5.73 Å². The summed E-state index contributed by atoms with van der Waals surface area (Å²) in [6.45, 7) is 0. The van der Waals surface area contributed by atoms with Gasteiger partial charge in [-0.1, -0.05) is 35.5 Å². The van der Waals surface area contributed by atoms with E-state index in [1.807, 2.05) is 30.3 Å². The van der Waals surface area contributed by atoms with Crippen molar-refractivity contribution in [3.63, 3.8) is 0 Å². The second-order valence-corrected chi connectivity index (χ2v) is 4.78. The van der Waals surface area contributed by atoms with Gasteiger partial charge in [0.2, 0.25) is 5.89 Å². The van der Waals surface area contributed by atoms with Gasteiger partial charge in [-0.25, -0.2) is 0 Å². The molecule has 4 nitrogen and oxygen atoms in total. The van der Waals surface area contributed by atoms with Crippen molar-refractivity contribution in [2.45, 2.75) is 37.9 Å². The van der Waals surface area contributed by atoms with Gasteiger partial charge in [0.05, 0.1) is 6.42 Å². The Balaban J connectivity index is 1.83. The molecule has 0 aliphatic carbocycles. The van der Waals surface area contributed by atoms with Crippen LogP contribution in [0.2, 0.25) is 0 Å². The first-order valence-corrected chi connectivity index (χ1v) is 6.63. The average Bonchev–Trinajstić information content (AvgIpc) is 2.91. The van der Waals surface area contributed by atoms with Gasteiger partial charge < -0.3 is 10.3 Å². The lowest BCUT2D eigenvalue weighted by atomic mass is 10.0. The van der Waals surface area contributed by atoms with Crippen molar-refractivity contribution in [3.05, 3.63) is 47.6 Å². The van der Waals surface area contributed by atoms with Crippen LogP contribution in [-0.2, 0) is 12.8 Å². The van der Waals surface area contributed by atoms with Crippen molar-refractivity contribution in [2.75, 3.05) is 0 Å². The quantitative estimate of drug-likeness (QED) is 0.889. The lowest BCUT2D eigenvalue weighted by Gasteiger charge is -2.09. The molecule has 1 aromatic heterocycles. The molecule has 21 heavy (non-hydrogen) atoms. The molecule has 7 heteroatoms. The molecule has 0 saturated carbocycles. The van der Waals surface area contributed by atoms with Crippen molar-refractivity contribution >= 4 is 0 Å². The van der Waals surface area contributed by atoms with Crippen molar-refractivity contribution < 1.29 is 17.7 Å². The van der Waals surface area contributed by atoms with E-state index in [1.54, 1.807) is 0 Å². The van der Waals surface area contributed by atoms with Gasteiger partial charge in [-0.05, 0) is 12.0 Å². The van der Waals surface area contributed by atoms with E-state index in [2.05, 4.69) is 10.1 Å². The maximum Gasteiger partial charge on any atom is 0.389 e. The molecule has 1 unspecified atom stereocenters. The largest absolute Gasteiger partial charge is 0.389 e. The topological polar surface area (TPSA) is 64.9 Å². The van der Waals surface area contributed by atoms with Crippen LogP contribution in [0.5, 0.6) is 0 Å². The molecule has 0 saturated heterocycles. The minimum Gasteiger partial charge on any atom is -0.339 e. The summed E-state index contributed by atoms with van der Waals surface area (Å²) in [4.78, 5) is 3.95. The minimum atomic E-state index is -4.21. The molecular weight excluding hydrogens is 283 g/mol. The Kier molecular flexibility index (Phi) is 4.95. The number of rotatable bonds is 6. The lowest BCUT2D eigenvalue weighted by Crippen LogP contribution is -2.11. The molecular formula is C14H16F3N3O. The zero-order valence-corrected chi connectivity index (χ0v) is 11.3. The summed E-state index contributed by atoms with van der Waals surface area (Å²) in [6.07, 6.45) is -4.40. The van der Waals surface area contributed by atoms with Crippen LogP contribution in [0.4, 0.5) is 13.2 Å². The highest BCUT2D eigenvalue weighted by Gasteiger charge is 2.27. The van der Waals surface area contributed by atoms with Crippen molar-refractivity contribution in [2.24, 2.45) is 5.73 Å². The smallest absolute Gasteiger partial charge is 0.339 e. The van der Waals surface area contributed by atoms with E-state index in [1.165, 1.54) is 0 Å². The third-order valence-corrected chi connectivity index (χ3v) is 3.04. The van der Waals surface area contributed by atoms with E-state index in [4.69, 9.17) is 10.3 Å². The van der Waals surface area contributed by atoms with Gasteiger partial charge in [0.25, 0.3) is 0 Å². The molecule has 2 aromatic rings. The number of hydrogen-bond donors (Lipinski definition) is 1. The molecule has 1 aromatic carbocycles. The van der Waals surface area contributed by atoms with Crippen LogP contribution >= 0.6 is 0 Å². The summed E-state index contributed by atoms with van der Waals surface area (Å²) in [5, 5.41) is 3.54. The third kappa shape index (κ3) is 5.18. The lowest BCUT2D eigenvalue weighted by molar-refractivity contribution is -0.134. The van der Waals surface area contributed by atoms with E-state index < -0.39 is 12.6 Å². The summed E-state index contributed by atoms with van der Waals surface area (Å²) in [6, 6.07) is 9.38. The summed E-state index contributed by atoms with van der Waals surface area (Å²) in [5.41, 5.74) is 7.02. The molecule has 0 aliphatic heterocycles. The molecule has 0 bridgehead atoms. The second kappa shape index (κ2) is 6.71. The standard InChI is InChI=1S/C14H16F3N3O/c15-14(16,17)9-8-12-19-13(21-20-12)7-6-11(18)10-4-2-1-3-5-10/h1-5,11H,6-9,18H2. The van der Waals surface area contributed by atoms with Crippen LogP contribution in [0.1, 0.15) is 36.2 Å². The molecule has 0 fully saturated rings. The van der Waals surface area contributed by atoms with E-state index in [0.717, 1.165) is 5.56 Å². The highest BCUT2D eigenvalue weighted by molar-refractivity contribution is 5.18. The first-order chi connectivity index (χ1) is 9.94. The van der Waals surface area contributed by atoms with Crippen LogP contribution in [0.15, 0.2) is 34.9 Å². The van der Waals surface area contributed by atoms with Gasteiger partial charge >= 0.3 is 6.18 Å². The highest BCUT2D eigenvalue weighted by Crippen LogP contribution is 2.21. The Labute approximate surface area is 120 Å². The van der Waals surface area contributed by atoms with Crippen LogP contribution in [0.25, 0.3) is 0 Å². The first-order valence-electron chi connectivity index (χ1n) is 6.63. The molecule has 0 spiro atoms. The number of aromatic nitrogens is 2. The third-order valence-electron chi connectivity index (χ3n) is 3.04. The number of benzene rings is 1. The zero-order chi connectivity index (χ0) is 15.3. The van der Waals surface area contributed by atoms with Gasteiger partial charge in [0, 0.05) is 18.9 Å². The Bertz CT molecular complexity index is 554. The van der Waals surface area contributed by atoms with E-state index in [-0.39, 0.29) is 18.3 Å². The first kappa shape index (κ1) is 15.5. The molecule has 114 valence electrons. The molecule has 1 atom stereocenters. The second-order valence-electron chi connectivity index (χ2n) is 4.78. The molecule has 0 amide bonds. The SMILES string of the molecule is NC(CCc1nc(CCC(F)(F)F)no1)c1ccccc1. The van der Waals surface area contributed by atoms with Gasteiger partial charge in [0.15, 0.2) is 5.82 Å². The fraction of sp³-hybridized carbons (Fsp3) is 0.429. The normalized spacial score (nSPS) is 13.3. The van der Waals surface area contributed by atoms with E-state index in [0.29, 0.717) is 18.7 Å². The number of alkyl halides is 3. The highest BCUT2D eigenvalue weighted by atomic mass is 19.4. The Morgan fingerprint density at radius 2 is 1.86 bits per heavy atom. The van der Waals surface area contributed by atoms with Crippen LogP contribution in [0, 0.1) is 0 Å². The summed E-state index contributed by atoms with van der Waals surface area (Å²) < 4.78 is 41.2. The van der Waals surface area contributed by atoms with Crippen LogP contribution in [-0.4, -0.2) is 16.3 Å². The number of hydrogen-bond acceptors (Lipinski definition) is 4. The number of nitrogens with zero attached hydrogens (tertiary/aromatic N) is 2. The summed E-state index contributed by atoms with van der Waals surface area (Å²) in [7, 11) is 0. The fourth-order valence-electron chi connectivity index (χ4n) is 1.89. The predicted octanol–water partition coefficient (Wildman–Crippen LogP) is 3.20. The summed E-state index contributed by atoms with van der Waals surface area (Å²) >= 11 is 0. The molecule has 0 aliphatic rings. The van der Waals surface area contributed by atoms with E-state index >= 15 is 0 Å². The van der Waals surface area contributed by atoms with E-state index in [9.17, 15) is 13.2 Å². The molecule has 2 N–H and O–H groups in total. The van der Waals surface area contributed by atoms with Crippen molar-refractivity contribution in [1.29, 1.82) is 0 Å². The fourth-order valence-corrected chi connectivity index (χ4v) is 1.89. The summed E-state index contributed by atoms with van der Waals surface area (Å²) in [5.74, 6) is 0.397. The number of nitrogens with two attached hydrogens (primary N) is 1.